The lowest BCUT2D eigenvalue weighted by atomic mass is 9.55. The predicted octanol–water partition coefficient (Wildman–Crippen LogP) is 5.64. The first-order valence-corrected chi connectivity index (χ1v) is 12.7. The summed E-state index contributed by atoms with van der Waals surface area (Å²) in [7, 11) is 0. The maximum absolute atomic E-state index is 12.6. The number of benzene rings is 2. The number of aromatic nitrogens is 3. The molecule has 4 atom stereocenters. The highest BCUT2D eigenvalue weighted by atomic mass is 16.5. The van der Waals surface area contributed by atoms with Crippen LogP contribution in [0.5, 0.6) is 5.75 Å². The van der Waals surface area contributed by atoms with Crippen molar-refractivity contribution in [1.29, 1.82) is 0 Å². The monoisotopic (exact) mass is 455 g/mol. The Morgan fingerprint density at radius 3 is 2.79 bits per heavy atom. The van der Waals surface area contributed by atoms with Gasteiger partial charge in [-0.3, -0.25) is 4.79 Å². The molecule has 3 aliphatic carbocycles. The number of ketones is 1. The van der Waals surface area contributed by atoms with Crippen molar-refractivity contribution in [2.75, 3.05) is 0 Å². The van der Waals surface area contributed by atoms with Gasteiger partial charge < -0.3 is 4.74 Å². The quantitative estimate of drug-likeness (QED) is 0.500. The van der Waals surface area contributed by atoms with Crippen LogP contribution in [0.1, 0.15) is 72.9 Å². The maximum Gasteiger partial charge on any atom is 0.139 e. The summed E-state index contributed by atoms with van der Waals surface area (Å²) < 4.78 is 7.97. The number of fused-ring (bicyclic) bond motifs is 5. The average molecular weight is 456 g/mol. The molecule has 3 aliphatic rings. The zero-order valence-corrected chi connectivity index (χ0v) is 20.2. The Morgan fingerprint density at radius 2 is 1.94 bits per heavy atom. The summed E-state index contributed by atoms with van der Waals surface area (Å²) in [5.74, 6) is 3.25. The number of aryl methyl sites for hydroxylation is 2. The molecule has 2 fully saturated rings. The minimum atomic E-state index is -0.0569. The fourth-order valence-corrected chi connectivity index (χ4v) is 6.94. The number of carbonyl (C=O) groups excluding carboxylic acids is 1. The molecule has 0 spiro atoms. The molecule has 1 aromatic heterocycles. The van der Waals surface area contributed by atoms with E-state index in [-0.39, 0.29) is 5.41 Å². The zero-order valence-electron chi connectivity index (χ0n) is 20.2. The van der Waals surface area contributed by atoms with Gasteiger partial charge in [-0.2, -0.15) is 0 Å². The number of carbonyl (C=O) groups is 1. The van der Waals surface area contributed by atoms with E-state index >= 15 is 0 Å². The summed E-state index contributed by atoms with van der Waals surface area (Å²) in [5.41, 5.74) is 6.16. The first-order chi connectivity index (χ1) is 16.5. The van der Waals surface area contributed by atoms with E-state index in [1.807, 2.05) is 10.9 Å². The van der Waals surface area contributed by atoms with E-state index in [9.17, 15) is 4.79 Å². The lowest BCUT2D eigenvalue weighted by molar-refractivity contribution is -0.129. The molecule has 34 heavy (non-hydrogen) atoms. The summed E-state index contributed by atoms with van der Waals surface area (Å²) >= 11 is 0. The number of hydrogen-bond donors (Lipinski definition) is 0. The Labute approximate surface area is 201 Å². The standard InChI is InChI=1S/C29H33N3O2/c1-19-3-5-20(6-4-19)16-32-17-22(30-31-32)18-34-23-8-10-24-21(15-23)7-9-26-25(24)13-14-29(2)27(26)11-12-28(29)33/h3-6,8,10,15,17,25-27H,7,9,11-14,16,18H2,1-2H3/t25-,26-,27+,29-/m1/s1. The lowest BCUT2D eigenvalue weighted by Gasteiger charge is -2.48. The van der Waals surface area contributed by atoms with E-state index in [2.05, 4.69) is 66.6 Å². The lowest BCUT2D eigenvalue weighted by Crippen LogP contribution is -2.42. The van der Waals surface area contributed by atoms with Gasteiger partial charge in [-0.05, 0) is 85.6 Å². The van der Waals surface area contributed by atoms with Gasteiger partial charge in [-0.25, -0.2) is 4.68 Å². The van der Waals surface area contributed by atoms with Crippen molar-refractivity contribution in [2.24, 2.45) is 17.3 Å². The molecule has 0 amide bonds. The third kappa shape index (κ3) is 3.75. The predicted molar refractivity (Wildman–Crippen MR) is 131 cm³/mol. The highest BCUT2D eigenvalue weighted by Gasteiger charge is 2.54. The molecular formula is C29H33N3O2. The molecule has 5 heteroatoms. The molecule has 2 aromatic carbocycles. The zero-order chi connectivity index (χ0) is 23.3. The van der Waals surface area contributed by atoms with E-state index in [0.717, 1.165) is 43.5 Å². The molecule has 1 heterocycles. The highest BCUT2D eigenvalue weighted by molar-refractivity contribution is 5.87. The van der Waals surface area contributed by atoms with Crippen molar-refractivity contribution in [2.45, 2.75) is 71.4 Å². The van der Waals surface area contributed by atoms with Crippen LogP contribution in [0.4, 0.5) is 0 Å². The minimum absolute atomic E-state index is 0.0569. The van der Waals surface area contributed by atoms with Gasteiger partial charge in [0.15, 0.2) is 0 Å². The molecule has 0 unspecified atom stereocenters. The van der Waals surface area contributed by atoms with Gasteiger partial charge in [-0.15, -0.1) is 5.10 Å². The minimum Gasteiger partial charge on any atom is -0.487 e. The molecule has 176 valence electrons. The number of rotatable bonds is 5. The molecule has 2 saturated carbocycles. The Morgan fingerprint density at radius 1 is 1.09 bits per heavy atom. The van der Waals surface area contributed by atoms with Crippen LogP contribution in [0.25, 0.3) is 0 Å². The van der Waals surface area contributed by atoms with Crippen molar-refractivity contribution in [3.8, 4) is 5.75 Å². The van der Waals surface area contributed by atoms with Crippen LogP contribution in [-0.4, -0.2) is 20.8 Å². The number of Topliss-reactive ketones (excluding diaryl/α,β-unsaturated/α-hetero) is 1. The van der Waals surface area contributed by atoms with Crippen LogP contribution in [0.15, 0.2) is 48.7 Å². The fraction of sp³-hybridized carbons (Fsp3) is 0.483. The molecule has 0 radical (unpaired) electrons. The molecule has 0 N–H and O–H groups in total. The summed E-state index contributed by atoms with van der Waals surface area (Å²) in [6.07, 6.45) is 8.32. The summed E-state index contributed by atoms with van der Waals surface area (Å²) in [5, 5.41) is 8.55. The molecule has 0 saturated heterocycles. The topological polar surface area (TPSA) is 57.0 Å². The van der Waals surface area contributed by atoms with Gasteiger partial charge in [0.1, 0.15) is 23.8 Å². The van der Waals surface area contributed by atoms with Crippen molar-refractivity contribution >= 4 is 5.78 Å². The van der Waals surface area contributed by atoms with Crippen LogP contribution in [0.2, 0.25) is 0 Å². The molecule has 6 rings (SSSR count). The van der Waals surface area contributed by atoms with E-state index in [0.29, 0.717) is 36.7 Å². The van der Waals surface area contributed by atoms with Crippen molar-refractivity contribution in [1.82, 2.24) is 15.0 Å². The first-order valence-electron chi connectivity index (χ1n) is 12.7. The molecular weight excluding hydrogens is 422 g/mol. The van der Waals surface area contributed by atoms with E-state index in [1.165, 1.54) is 28.7 Å². The number of nitrogens with zero attached hydrogens (tertiary/aromatic N) is 3. The SMILES string of the molecule is Cc1ccc(Cn2cc(COc3ccc4c(c3)CC[C@@H]3[C@@H]4CC[C@@]4(C)C(=O)CC[C@@H]34)nn2)cc1. The average Bonchev–Trinajstić information content (AvgIpc) is 3.42. The third-order valence-electron chi connectivity index (χ3n) is 8.85. The van der Waals surface area contributed by atoms with Crippen LogP contribution < -0.4 is 4.74 Å². The van der Waals surface area contributed by atoms with Gasteiger partial charge in [0.2, 0.25) is 0 Å². The summed E-state index contributed by atoms with van der Waals surface area (Å²) in [6.45, 7) is 5.46. The van der Waals surface area contributed by atoms with Gasteiger partial charge in [-0.1, -0.05) is 48.0 Å². The Kier molecular flexibility index (Phi) is 5.31. The van der Waals surface area contributed by atoms with E-state index in [1.54, 1.807) is 0 Å². The van der Waals surface area contributed by atoms with Crippen LogP contribution in [0.3, 0.4) is 0 Å². The largest absolute Gasteiger partial charge is 0.487 e. The second kappa shape index (κ2) is 8.37. The van der Waals surface area contributed by atoms with Crippen LogP contribution in [0, 0.1) is 24.2 Å². The van der Waals surface area contributed by atoms with Gasteiger partial charge in [0, 0.05) is 11.8 Å². The van der Waals surface area contributed by atoms with Crippen molar-refractivity contribution in [3.63, 3.8) is 0 Å². The fourth-order valence-electron chi connectivity index (χ4n) is 6.94. The Bertz CT molecular complexity index is 1210. The number of hydrogen-bond acceptors (Lipinski definition) is 4. The smallest absolute Gasteiger partial charge is 0.139 e. The summed E-state index contributed by atoms with van der Waals surface area (Å²) in [4.78, 5) is 12.6. The maximum atomic E-state index is 12.6. The third-order valence-corrected chi connectivity index (χ3v) is 8.85. The van der Waals surface area contributed by atoms with Crippen LogP contribution in [-0.2, 0) is 24.4 Å². The van der Waals surface area contributed by atoms with Crippen LogP contribution >= 0.6 is 0 Å². The van der Waals surface area contributed by atoms with E-state index < -0.39 is 0 Å². The van der Waals surface area contributed by atoms with Gasteiger partial charge in [0.25, 0.3) is 0 Å². The molecule has 0 aliphatic heterocycles. The highest BCUT2D eigenvalue weighted by Crippen LogP contribution is 2.59. The number of ether oxygens (including phenoxy) is 1. The van der Waals surface area contributed by atoms with E-state index in [4.69, 9.17) is 4.74 Å². The Balaban J connectivity index is 1.11. The van der Waals surface area contributed by atoms with Crippen molar-refractivity contribution < 1.29 is 9.53 Å². The molecule has 3 aromatic rings. The molecule has 0 bridgehead atoms. The van der Waals surface area contributed by atoms with Gasteiger partial charge in [0.05, 0.1) is 12.7 Å². The second-order valence-corrected chi connectivity index (χ2v) is 10.9. The van der Waals surface area contributed by atoms with Crippen molar-refractivity contribution in [3.05, 3.63) is 76.6 Å². The molecule has 5 nitrogen and oxygen atoms in total. The van der Waals surface area contributed by atoms with Gasteiger partial charge >= 0.3 is 0 Å². The first kappa shape index (κ1) is 21.6. The summed E-state index contributed by atoms with van der Waals surface area (Å²) in [6, 6.07) is 15.1. The normalized spacial score (nSPS) is 27.7. The second-order valence-electron chi connectivity index (χ2n) is 10.9. The Hall–Kier alpha value is -2.95.